The molecule has 0 radical (unpaired) electrons. The van der Waals surface area contributed by atoms with Gasteiger partial charge in [0.1, 0.15) is 11.5 Å². The van der Waals surface area contributed by atoms with Crippen molar-refractivity contribution in [2.24, 2.45) is 0 Å². The van der Waals surface area contributed by atoms with E-state index in [1.807, 2.05) is 4.68 Å². The zero-order valence-electron chi connectivity index (χ0n) is 20.6. The normalized spacial score (nSPS) is 21.8. The largest absolute Gasteiger partial charge is 0.433 e. The van der Waals surface area contributed by atoms with Gasteiger partial charge in [-0.15, -0.1) is 0 Å². The monoisotopic (exact) mass is 518 g/mol. The molecule has 198 valence electrons. The first-order valence-corrected chi connectivity index (χ1v) is 12.6. The van der Waals surface area contributed by atoms with Gasteiger partial charge >= 0.3 is 6.18 Å². The Morgan fingerprint density at radius 1 is 1.08 bits per heavy atom. The van der Waals surface area contributed by atoms with E-state index < -0.39 is 17.7 Å². The van der Waals surface area contributed by atoms with E-state index in [0.717, 1.165) is 57.3 Å². The fourth-order valence-electron chi connectivity index (χ4n) is 5.32. The Hall–Kier alpha value is -3.21. The number of rotatable bonds is 5. The Labute approximate surface area is 212 Å². The number of hydrogen-bond donors (Lipinski definition) is 2. The minimum absolute atomic E-state index is 0.0704. The third-order valence-corrected chi connectivity index (χ3v) is 7.36. The number of carbonyl (C=O) groups is 1. The number of nitrogens with one attached hydrogen (secondary N) is 2. The Balaban J connectivity index is 1.26. The Morgan fingerprint density at radius 3 is 2.59 bits per heavy atom. The second-order valence-electron chi connectivity index (χ2n) is 10.1. The van der Waals surface area contributed by atoms with Crippen LogP contribution in [0.5, 0.6) is 0 Å². The summed E-state index contributed by atoms with van der Waals surface area (Å²) >= 11 is 0. The molecule has 2 aliphatic rings. The van der Waals surface area contributed by atoms with Crippen molar-refractivity contribution in [3.63, 3.8) is 0 Å². The topological polar surface area (TPSA) is 75.1 Å². The molecule has 37 heavy (non-hydrogen) atoms. The number of anilines is 1. The molecule has 1 aliphatic carbocycles. The summed E-state index contributed by atoms with van der Waals surface area (Å²) in [5.74, 6) is -0.757. The van der Waals surface area contributed by atoms with Crippen LogP contribution in [0.25, 0.3) is 10.9 Å². The van der Waals surface area contributed by atoms with Gasteiger partial charge in [-0.3, -0.25) is 9.48 Å². The Morgan fingerprint density at radius 2 is 1.84 bits per heavy atom. The van der Waals surface area contributed by atoms with Crippen LogP contribution >= 0.6 is 0 Å². The van der Waals surface area contributed by atoms with E-state index in [1.54, 1.807) is 12.4 Å². The lowest BCUT2D eigenvalue weighted by Crippen LogP contribution is -2.41. The molecule has 1 amide bonds. The second-order valence-corrected chi connectivity index (χ2v) is 10.1. The van der Waals surface area contributed by atoms with Gasteiger partial charge in [0, 0.05) is 29.4 Å². The highest BCUT2D eigenvalue weighted by Gasteiger charge is 2.34. The van der Waals surface area contributed by atoms with Gasteiger partial charge in [-0.1, -0.05) is 0 Å². The zero-order chi connectivity index (χ0) is 26.2. The highest BCUT2D eigenvalue weighted by molar-refractivity contribution is 5.94. The number of piperidine rings is 1. The molecule has 1 aromatic carbocycles. The Bertz CT molecular complexity index is 1270. The predicted molar refractivity (Wildman–Crippen MR) is 132 cm³/mol. The number of benzene rings is 1. The lowest BCUT2D eigenvalue weighted by Gasteiger charge is -2.31. The number of aromatic nitrogens is 3. The molecule has 3 heterocycles. The van der Waals surface area contributed by atoms with Crippen molar-refractivity contribution in [1.82, 2.24) is 25.0 Å². The molecule has 2 fully saturated rings. The number of likely N-dealkylation sites (tertiary alicyclic amines) is 1. The second kappa shape index (κ2) is 10.3. The summed E-state index contributed by atoms with van der Waals surface area (Å²) in [6, 6.07) is 4.42. The molecule has 1 aliphatic heterocycles. The van der Waals surface area contributed by atoms with Crippen LogP contribution in [0.4, 0.5) is 23.2 Å². The summed E-state index contributed by atoms with van der Waals surface area (Å²) in [7, 11) is 2.09. The average Bonchev–Trinajstić information content (AvgIpc) is 3.35. The van der Waals surface area contributed by atoms with Crippen molar-refractivity contribution >= 4 is 22.5 Å². The van der Waals surface area contributed by atoms with Crippen molar-refractivity contribution in [2.45, 2.75) is 62.8 Å². The van der Waals surface area contributed by atoms with Crippen LogP contribution in [0.3, 0.4) is 0 Å². The van der Waals surface area contributed by atoms with Gasteiger partial charge in [0.25, 0.3) is 5.91 Å². The van der Waals surface area contributed by atoms with Gasteiger partial charge in [0.15, 0.2) is 0 Å². The summed E-state index contributed by atoms with van der Waals surface area (Å²) in [5.41, 5.74) is -0.273. The molecule has 1 saturated carbocycles. The van der Waals surface area contributed by atoms with Crippen molar-refractivity contribution in [2.75, 3.05) is 25.5 Å². The maximum atomic E-state index is 13.9. The fourth-order valence-corrected chi connectivity index (χ4v) is 5.32. The van der Waals surface area contributed by atoms with Crippen LogP contribution < -0.4 is 10.6 Å². The molecule has 1 saturated heterocycles. The SMILES string of the molecule is CN1CCC(n2cc(C(=O)N[C@@H]3CCC[C@H](Nc4cc(C(F)(F)F)nc5ccc(F)cc45)C3)cn2)CC1. The molecule has 0 spiro atoms. The van der Waals surface area contributed by atoms with Crippen LogP contribution in [0.15, 0.2) is 36.7 Å². The minimum atomic E-state index is -4.62. The highest BCUT2D eigenvalue weighted by Crippen LogP contribution is 2.34. The van der Waals surface area contributed by atoms with E-state index in [1.165, 1.54) is 12.1 Å². The van der Waals surface area contributed by atoms with Gasteiger partial charge < -0.3 is 15.5 Å². The van der Waals surface area contributed by atoms with Gasteiger partial charge in [0.2, 0.25) is 0 Å². The van der Waals surface area contributed by atoms with Gasteiger partial charge in [-0.25, -0.2) is 9.37 Å². The number of carbonyl (C=O) groups excluding carboxylic acids is 1. The van der Waals surface area contributed by atoms with Crippen LogP contribution in [0.2, 0.25) is 0 Å². The molecule has 2 N–H and O–H groups in total. The molecule has 0 unspecified atom stereocenters. The molecule has 0 bridgehead atoms. The molecule has 2 aromatic heterocycles. The average molecular weight is 519 g/mol. The van der Waals surface area contributed by atoms with Crippen LogP contribution in [-0.4, -0.2) is 57.8 Å². The molecule has 2 atom stereocenters. The first-order chi connectivity index (χ1) is 17.7. The quantitative estimate of drug-likeness (QED) is 0.465. The number of pyridine rings is 1. The predicted octanol–water partition coefficient (Wildman–Crippen LogP) is 5.01. The van der Waals surface area contributed by atoms with E-state index in [2.05, 4.69) is 32.7 Å². The first-order valence-electron chi connectivity index (χ1n) is 12.6. The van der Waals surface area contributed by atoms with Gasteiger partial charge in [-0.05, 0) is 82.9 Å². The van der Waals surface area contributed by atoms with Crippen LogP contribution in [0.1, 0.15) is 60.6 Å². The molecule has 11 heteroatoms. The first kappa shape index (κ1) is 25.4. The van der Waals surface area contributed by atoms with E-state index >= 15 is 0 Å². The molecule has 7 nitrogen and oxygen atoms in total. The zero-order valence-corrected chi connectivity index (χ0v) is 20.6. The summed E-state index contributed by atoms with van der Waals surface area (Å²) in [4.78, 5) is 18.9. The van der Waals surface area contributed by atoms with Gasteiger partial charge in [-0.2, -0.15) is 18.3 Å². The number of alkyl halides is 3. The molecule has 5 rings (SSSR count). The minimum Gasteiger partial charge on any atom is -0.382 e. The van der Waals surface area contributed by atoms with E-state index in [0.29, 0.717) is 17.4 Å². The van der Waals surface area contributed by atoms with Crippen LogP contribution in [0, 0.1) is 5.82 Å². The highest BCUT2D eigenvalue weighted by atomic mass is 19.4. The lowest BCUT2D eigenvalue weighted by atomic mass is 9.90. The molecule has 3 aromatic rings. The third-order valence-electron chi connectivity index (χ3n) is 7.36. The molecular formula is C26H30F4N6O. The maximum Gasteiger partial charge on any atom is 0.433 e. The summed E-state index contributed by atoms with van der Waals surface area (Å²) in [5, 5.41) is 10.9. The Kier molecular flexibility index (Phi) is 7.06. The standard InChI is InChI=1S/C26H30F4N6O/c1-35-9-7-20(8-10-35)36-15-16(14-31-36)25(37)33-19-4-2-3-18(12-19)32-23-13-24(26(28,29)30)34-22-6-5-17(27)11-21(22)23/h5-6,11,13-15,18-20H,2-4,7-10,12H2,1H3,(H,32,34)(H,33,37)/t18-,19+/m0/s1. The number of hydrogen-bond acceptors (Lipinski definition) is 5. The summed E-state index contributed by atoms with van der Waals surface area (Å²) in [6.45, 7) is 1.98. The summed E-state index contributed by atoms with van der Waals surface area (Å²) < 4.78 is 56.1. The fraction of sp³-hybridized carbons (Fsp3) is 0.500. The smallest absolute Gasteiger partial charge is 0.382 e. The number of amides is 1. The van der Waals surface area contributed by atoms with Crippen molar-refractivity contribution in [3.05, 3.63) is 53.7 Å². The van der Waals surface area contributed by atoms with E-state index in [4.69, 9.17) is 0 Å². The van der Waals surface area contributed by atoms with Crippen molar-refractivity contribution < 1.29 is 22.4 Å². The number of fused-ring (bicyclic) bond motifs is 1. The third kappa shape index (κ3) is 5.87. The van der Waals surface area contributed by atoms with Crippen molar-refractivity contribution in [1.29, 1.82) is 0 Å². The van der Waals surface area contributed by atoms with Crippen molar-refractivity contribution in [3.8, 4) is 0 Å². The van der Waals surface area contributed by atoms with Gasteiger partial charge in [0.05, 0.1) is 23.3 Å². The number of halogens is 4. The van der Waals surface area contributed by atoms with E-state index in [-0.39, 0.29) is 35.2 Å². The van der Waals surface area contributed by atoms with Crippen LogP contribution in [-0.2, 0) is 6.18 Å². The molecular weight excluding hydrogens is 488 g/mol. The summed E-state index contributed by atoms with van der Waals surface area (Å²) in [6.07, 6.45) is 3.55. The lowest BCUT2D eigenvalue weighted by molar-refractivity contribution is -0.140. The maximum absolute atomic E-state index is 13.9. The van der Waals surface area contributed by atoms with E-state index in [9.17, 15) is 22.4 Å². The number of nitrogens with zero attached hydrogens (tertiary/aromatic N) is 4.